The SMILES string of the molecule is O=C(CNC(=O)c1ccccc1)NCCc1ccc2[nH]c(=O)oc2c1. The van der Waals surface area contributed by atoms with E-state index in [1.807, 2.05) is 12.1 Å². The molecule has 0 unspecified atom stereocenters. The summed E-state index contributed by atoms with van der Waals surface area (Å²) in [6.45, 7) is 0.333. The van der Waals surface area contributed by atoms with Crippen molar-refractivity contribution in [2.24, 2.45) is 0 Å². The number of aromatic amines is 1. The molecule has 3 aromatic rings. The fraction of sp³-hybridized carbons (Fsp3) is 0.167. The van der Waals surface area contributed by atoms with Crippen LogP contribution >= 0.6 is 0 Å². The van der Waals surface area contributed by atoms with Crippen molar-refractivity contribution in [3.05, 3.63) is 70.2 Å². The van der Waals surface area contributed by atoms with Gasteiger partial charge in [0.15, 0.2) is 5.58 Å². The van der Waals surface area contributed by atoms with Crippen LogP contribution in [-0.4, -0.2) is 29.9 Å². The van der Waals surface area contributed by atoms with Gasteiger partial charge in [0, 0.05) is 12.1 Å². The predicted octanol–water partition coefficient (Wildman–Crippen LogP) is 1.21. The zero-order chi connectivity index (χ0) is 17.6. The van der Waals surface area contributed by atoms with Crippen molar-refractivity contribution in [3.8, 4) is 0 Å². The molecule has 2 amide bonds. The standard InChI is InChI=1S/C18H17N3O4/c22-16(11-20-17(23)13-4-2-1-3-5-13)19-9-8-12-6-7-14-15(10-12)25-18(24)21-14/h1-7,10H,8-9,11H2,(H,19,22)(H,20,23)(H,21,24). The molecule has 1 heterocycles. The number of oxazole rings is 1. The third-order valence-electron chi connectivity index (χ3n) is 3.67. The lowest BCUT2D eigenvalue weighted by molar-refractivity contribution is -0.120. The van der Waals surface area contributed by atoms with E-state index in [4.69, 9.17) is 4.42 Å². The molecular weight excluding hydrogens is 322 g/mol. The average Bonchev–Trinajstić information content (AvgIpc) is 2.99. The van der Waals surface area contributed by atoms with Crippen molar-refractivity contribution in [3.63, 3.8) is 0 Å². The molecule has 0 saturated heterocycles. The van der Waals surface area contributed by atoms with Crippen molar-refractivity contribution in [2.75, 3.05) is 13.1 Å². The minimum atomic E-state index is -0.491. The van der Waals surface area contributed by atoms with Gasteiger partial charge in [0.2, 0.25) is 5.91 Å². The molecule has 0 bridgehead atoms. The van der Waals surface area contributed by atoms with E-state index < -0.39 is 5.76 Å². The van der Waals surface area contributed by atoms with E-state index in [9.17, 15) is 14.4 Å². The van der Waals surface area contributed by atoms with Crippen molar-refractivity contribution in [1.82, 2.24) is 15.6 Å². The zero-order valence-electron chi connectivity index (χ0n) is 13.4. The van der Waals surface area contributed by atoms with Gasteiger partial charge in [-0.15, -0.1) is 0 Å². The van der Waals surface area contributed by atoms with Crippen LogP contribution in [0.25, 0.3) is 11.1 Å². The van der Waals surface area contributed by atoms with E-state index in [1.54, 1.807) is 36.4 Å². The highest BCUT2D eigenvalue weighted by Gasteiger charge is 2.07. The van der Waals surface area contributed by atoms with Crippen molar-refractivity contribution >= 4 is 22.9 Å². The van der Waals surface area contributed by atoms with Crippen LogP contribution in [0.4, 0.5) is 0 Å². The summed E-state index contributed by atoms with van der Waals surface area (Å²) in [7, 11) is 0. The topological polar surface area (TPSA) is 104 Å². The molecule has 0 fully saturated rings. The number of carbonyl (C=O) groups excluding carboxylic acids is 2. The Morgan fingerprint density at radius 2 is 1.84 bits per heavy atom. The highest BCUT2D eigenvalue weighted by molar-refractivity contribution is 5.96. The normalized spacial score (nSPS) is 10.6. The second-order valence-corrected chi connectivity index (χ2v) is 5.49. The molecule has 0 saturated carbocycles. The van der Waals surface area contributed by atoms with Crippen molar-refractivity contribution in [2.45, 2.75) is 6.42 Å². The van der Waals surface area contributed by atoms with E-state index in [0.29, 0.717) is 29.6 Å². The first-order valence-electron chi connectivity index (χ1n) is 7.83. The van der Waals surface area contributed by atoms with Gasteiger partial charge in [0.1, 0.15) is 0 Å². The number of H-pyrrole nitrogens is 1. The molecule has 0 aliphatic rings. The molecule has 0 aliphatic carbocycles. The molecule has 7 heteroatoms. The number of nitrogens with one attached hydrogen (secondary N) is 3. The number of hydrogen-bond acceptors (Lipinski definition) is 4. The van der Waals surface area contributed by atoms with Crippen LogP contribution < -0.4 is 16.4 Å². The summed E-state index contributed by atoms with van der Waals surface area (Å²) >= 11 is 0. The van der Waals surface area contributed by atoms with Gasteiger partial charge in [-0.1, -0.05) is 24.3 Å². The van der Waals surface area contributed by atoms with Gasteiger partial charge >= 0.3 is 5.76 Å². The van der Waals surface area contributed by atoms with E-state index >= 15 is 0 Å². The molecule has 3 N–H and O–H groups in total. The maximum absolute atomic E-state index is 11.8. The number of rotatable bonds is 6. The maximum atomic E-state index is 11.8. The third kappa shape index (κ3) is 4.35. The van der Waals surface area contributed by atoms with E-state index in [2.05, 4.69) is 15.6 Å². The minimum absolute atomic E-state index is 0.0839. The Labute approximate surface area is 143 Å². The summed E-state index contributed by atoms with van der Waals surface area (Å²) in [5.74, 6) is -1.04. The molecule has 3 rings (SSSR count). The highest BCUT2D eigenvalue weighted by atomic mass is 16.4. The van der Waals surface area contributed by atoms with Crippen LogP contribution in [0.15, 0.2) is 57.7 Å². The minimum Gasteiger partial charge on any atom is -0.408 e. The quantitative estimate of drug-likeness (QED) is 0.628. The lowest BCUT2D eigenvalue weighted by Crippen LogP contribution is -2.37. The Morgan fingerprint density at radius 1 is 1.04 bits per heavy atom. The van der Waals surface area contributed by atoms with Crippen LogP contribution in [-0.2, 0) is 11.2 Å². The van der Waals surface area contributed by atoms with Gasteiger partial charge in [0.05, 0.1) is 12.1 Å². The predicted molar refractivity (Wildman–Crippen MR) is 92.3 cm³/mol. The van der Waals surface area contributed by atoms with Gasteiger partial charge in [-0.05, 0) is 36.2 Å². The first-order chi connectivity index (χ1) is 12.1. The Balaban J connectivity index is 1.44. The van der Waals surface area contributed by atoms with Crippen LogP contribution in [0.1, 0.15) is 15.9 Å². The average molecular weight is 339 g/mol. The first kappa shape index (κ1) is 16.5. The molecule has 2 aromatic carbocycles. The van der Waals surface area contributed by atoms with E-state index in [1.165, 1.54) is 0 Å². The molecule has 0 atom stereocenters. The Bertz CT molecular complexity index is 944. The molecular formula is C18H17N3O4. The second-order valence-electron chi connectivity index (χ2n) is 5.49. The third-order valence-corrected chi connectivity index (χ3v) is 3.67. The van der Waals surface area contributed by atoms with Gasteiger partial charge in [-0.2, -0.15) is 0 Å². The number of aromatic nitrogens is 1. The molecule has 0 aliphatic heterocycles. The largest absolute Gasteiger partial charge is 0.417 e. The fourth-order valence-corrected chi connectivity index (χ4v) is 2.41. The fourth-order valence-electron chi connectivity index (χ4n) is 2.41. The highest BCUT2D eigenvalue weighted by Crippen LogP contribution is 2.12. The smallest absolute Gasteiger partial charge is 0.408 e. The van der Waals surface area contributed by atoms with Crippen LogP contribution in [0.3, 0.4) is 0 Å². The van der Waals surface area contributed by atoms with Gasteiger partial charge in [-0.3, -0.25) is 14.6 Å². The summed E-state index contributed by atoms with van der Waals surface area (Å²) in [6, 6.07) is 14.1. The van der Waals surface area contributed by atoms with Crippen LogP contribution in [0.5, 0.6) is 0 Å². The maximum Gasteiger partial charge on any atom is 0.417 e. The van der Waals surface area contributed by atoms with Gasteiger partial charge in [0.25, 0.3) is 5.91 Å². The Kier molecular flexibility index (Phi) is 4.94. The summed E-state index contributed by atoms with van der Waals surface area (Å²) in [6.07, 6.45) is 0.587. The molecule has 1 aromatic heterocycles. The molecule has 128 valence electrons. The lowest BCUT2D eigenvalue weighted by atomic mass is 10.1. The molecule has 25 heavy (non-hydrogen) atoms. The first-order valence-corrected chi connectivity index (χ1v) is 7.83. The zero-order valence-corrected chi connectivity index (χ0v) is 13.4. The number of carbonyl (C=O) groups is 2. The molecule has 7 nitrogen and oxygen atoms in total. The second kappa shape index (κ2) is 7.48. The van der Waals surface area contributed by atoms with Crippen molar-refractivity contribution < 1.29 is 14.0 Å². The molecule has 0 spiro atoms. The number of amides is 2. The summed E-state index contributed by atoms with van der Waals surface area (Å²) in [5.41, 5.74) is 2.57. The number of hydrogen-bond donors (Lipinski definition) is 3. The van der Waals surface area contributed by atoms with Gasteiger partial charge in [-0.25, -0.2) is 4.79 Å². The summed E-state index contributed by atoms with van der Waals surface area (Å²) < 4.78 is 5.00. The van der Waals surface area contributed by atoms with E-state index in [0.717, 1.165) is 5.56 Å². The monoisotopic (exact) mass is 339 g/mol. The Hall–Kier alpha value is -3.35. The Morgan fingerprint density at radius 3 is 2.64 bits per heavy atom. The van der Waals surface area contributed by atoms with Crippen LogP contribution in [0, 0.1) is 0 Å². The summed E-state index contributed by atoms with van der Waals surface area (Å²) in [4.78, 5) is 37.3. The lowest BCUT2D eigenvalue weighted by Gasteiger charge is -2.07. The van der Waals surface area contributed by atoms with Crippen LogP contribution in [0.2, 0.25) is 0 Å². The number of fused-ring (bicyclic) bond motifs is 1. The van der Waals surface area contributed by atoms with Gasteiger partial charge < -0.3 is 15.1 Å². The summed E-state index contributed by atoms with van der Waals surface area (Å²) in [5, 5.41) is 5.31. The van der Waals surface area contributed by atoms with Crippen molar-refractivity contribution in [1.29, 1.82) is 0 Å². The number of benzene rings is 2. The molecule has 0 radical (unpaired) electrons. The van der Waals surface area contributed by atoms with E-state index in [-0.39, 0.29) is 18.4 Å².